The highest BCUT2D eigenvalue weighted by atomic mass is 16.5. The lowest BCUT2D eigenvalue weighted by Gasteiger charge is -2.34. The maximum atomic E-state index is 6.08. The molecule has 0 spiro atoms. The van der Waals surface area contributed by atoms with Gasteiger partial charge in [0.25, 0.3) is 0 Å². The van der Waals surface area contributed by atoms with Crippen molar-refractivity contribution in [3.8, 4) is 5.75 Å². The minimum atomic E-state index is -0.0847. The van der Waals surface area contributed by atoms with Crippen molar-refractivity contribution in [1.82, 2.24) is 10.2 Å². The van der Waals surface area contributed by atoms with Crippen molar-refractivity contribution in [2.45, 2.75) is 51.6 Å². The number of hydrogen-bond acceptors (Lipinski definition) is 3. The standard InChI is InChI=1S/C19H32N4O/c1-19(2,3)22-18(20)21-14-16(23-12-8-5-9-13-23)15-10-6-7-11-17(15)24-4/h6-7,10-11,16H,5,8-9,12-14H2,1-4H3,(H3,20,21,22). The maximum absolute atomic E-state index is 6.08. The van der Waals surface area contributed by atoms with E-state index in [1.807, 2.05) is 12.1 Å². The number of piperidine rings is 1. The highest BCUT2D eigenvalue weighted by Gasteiger charge is 2.24. The van der Waals surface area contributed by atoms with Gasteiger partial charge in [0, 0.05) is 11.1 Å². The topological polar surface area (TPSA) is 62.9 Å². The molecule has 2 rings (SSSR count). The van der Waals surface area contributed by atoms with E-state index in [-0.39, 0.29) is 11.6 Å². The van der Waals surface area contributed by atoms with Gasteiger partial charge >= 0.3 is 0 Å². The predicted octanol–water partition coefficient (Wildman–Crippen LogP) is 2.93. The Morgan fingerprint density at radius 1 is 1.25 bits per heavy atom. The number of nitrogens with one attached hydrogen (secondary N) is 1. The molecule has 1 saturated heterocycles. The highest BCUT2D eigenvalue weighted by Crippen LogP contribution is 2.31. The van der Waals surface area contributed by atoms with E-state index in [2.05, 4.69) is 48.1 Å². The average molecular weight is 332 g/mol. The van der Waals surface area contributed by atoms with Gasteiger partial charge in [0.1, 0.15) is 5.75 Å². The van der Waals surface area contributed by atoms with Gasteiger partial charge in [-0.15, -0.1) is 0 Å². The Bertz CT molecular complexity index is 545. The number of para-hydroxylation sites is 1. The number of benzene rings is 1. The van der Waals surface area contributed by atoms with Crippen molar-refractivity contribution in [2.24, 2.45) is 10.7 Å². The second kappa shape index (κ2) is 8.38. The molecule has 1 aliphatic heterocycles. The summed E-state index contributed by atoms with van der Waals surface area (Å²) in [6, 6.07) is 8.43. The van der Waals surface area contributed by atoms with Gasteiger partial charge in [0.2, 0.25) is 0 Å². The first-order valence-electron chi connectivity index (χ1n) is 8.86. The molecule has 1 aromatic rings. The molecule has 0 aromatic heterocycles. The van der Waals surface area contributed by atoms with Crippen molar-refractivity contribution >= 4 is 5.96 Å². The minimum Gasteiger partial charge on any atom is -0.496 e. The molecule has 0 bridgehead atoms. The molecule has 1 aliphatic rings. The summed E-state index contributed by atoms with van der Waals surface area (Å²) >= 11 is 0. The molecule has 24 heavy (non-hydrogen) atoms. The van der Waals surface area contributed by atoms with Gasteiger partial charge in [-0.3, -0.25) is 9.89 Å². The van der Waals surface area contributed by atoms with Crippen molar-refractivity contribution < 1.29 is 4.74 Å². The van der Waals surface area contributed by atoms with Crippen LogP contribution >= 0.6 is 0 Å². The van der Waals surface area contributed by atoms with E-state index in [4.69, 9.17) is 10.5 Å². The van der Waals surface area contributed by atoms with E-state index in [1.165, 1.54) is 24.8 Å². The summed E-state index contributed by atoms with van der Waals surface area (Å²) in [5.41, 5.74) is 7.18. The number of likely N-dealkylation sites (tertiary alicyclic amines) is 1. The van der Waals surface area contributed by atoms with Gasteiger partial charge in [0.05, 0.1) is 19.7 Å². The van der Waals surface area contributed by atoms with Gasteiger partial charge in [-0.1, -0.05) is 24.6 Å². The average Bonchev–Trinajstić information content (AvgIpc) is 2.55. The zero-order valence-corrected chi connectivity index (χ0v) is 15.5. The zero-order chi connectivity index (χ0) is 17.6. The maximum Gasteiger partial charge on any atom is 0.189 e. The first-order chi connectivity index (χ1) is 11.4. The molecule has 134 valence electrons. The number of guanidine groups is 1. The summed E-state index contributed by atoms with van der Waals surface area (Å²) in [7, 11) is 1.73. The first kappa shape index (κ1) is 18.6. The van der Waals surface area contributed by atoms with Crippen LogP contribution in [0.1, 0.15) is 51.6 Å². The van der Waals surface area contributed by atoms with E-state index in [0.29, 0.717) is 12.5 Å². The van der Waals surface area contributed by atoms with Crippen LogP contribution in [0.2, 0.25) is 0 Å². The van der Waals surface area contributed by atoms with Crippen molar-refractivity contribution in [3.05, 3.63) is 29.8 Å². The molecule has 3 N–H and O–H groups in total. The van der Waals surface area contributed by atoms with Crippen LogP contribution in [0.3, 0.4) is 0 Å². The quantitative estimate of drug-likeness (QED) is 0.643. The van der Waals surface area contributed by atoms with E-state index in [1.54, 1.807) is 7.11 Å². The Kier molecular flexibility index (Phi) is 6.49. The normalized spacial score (nSPS) is 18.2. The van der Waals surface area contributed by atoms with E-state index in [9.17, 15) is 0 Å². The molecule has 1 atom stereocenters. The van der Waals surface area contributed by atoms with Gasteiger partial charge in [-0.2, -0.15) is 0 Å². The van der Waals surface area contributed by atoms with Crippen molar-refractivity contribution in [3.63, 3.8) is 0 Å². The smallest absolute Gasteiger partial charge is 0.189 e. The second-order valence-electron chi connectivity index (χ2n) is 7.46. The lowest BCUT2D eigenvalue weighted by Crippen LogP contribution is -2.45. The lowest BCUT2D eigenvalue weighted by molar-refractivity contribution is 0.165. The summed E-state index contributed by atoms with van der Waals surface area (Å²) in [6.07, 6.45) is 3.79. The van der Waals surface area contributed by atoms with Crippen molar-refractivity contribution in [2.75, 3.05) is 26.7 Å². The van der Waals surface area contributed by atoms with Gasteiger partial charge in [-0.05, 0) is 52.8 Å². The summed E-state index contributed by atoms with van der Waals surface area (Å²) in [6.45, 7) is 9.08. The van der Waals surface area contributed by atoms with Gasteiger partial charge < -0.3 is 15.8 Å². The number of rotatable bonds is 5. The SMILES string of the molecule is COc1ccccc1C(CN=C(N)NC(C)(C)C)N1CCCCC1. The van der Waals surface area contributed by atoms with Crippen LogP contribution in [0.4, 0.5) is 0 Å². The summed E-state index contributed by atoms with van der Waals surface area (Å²) in [4.78, 5) is 7.13. The van der Waals surface area contributed by atoms with Crippen LogP contribution in [-0.2, 0) is 0 Å². The molecule has 5 nitrogen and oxygen atoms in total. The molecular weight excluding hydrogens is 300 g/mol. The highest BCUT2D eigenvalue weighted by molar-refractivity contribution is 5.78. The number of nitrogens with zero attached hydrogens (tertiary/aromatic N) is 2. The van der Waals surface area contributed by atoms with E-state index in [0.717, 1.165) is 18.8 Å². The molecular formula is C19H32N4O. The summed E-state index contributed by atoms with van der Waals surface area (Å²) in [5.74, 6) is 1.42. The van der Waals surface area contributed by atoms with Crippen LogP contribution in [-0.4, -0.2) is 43.1 Å². The number of hydrogen-bond donors (Lipinski definition) is 2. The molecule has 5 heteroatoms. The third-order valence-electron chi connectivity index (χ3n) is 4.27. The lowest BCUT2D eigenvalue weighted by atomic mass is 10.0. The van der Waals surface area contributed by atoms with Gasteiger partial charge in [-0.25, -0.2) is 0 Å². The fourth-order valence-corrected chi connectivity index (χ4v) is 3.19. The molecule has 1 fully saturated rings. The zero-order valence-electron chi connectivity index (χ0n) is 15.5. The predicted molar refractivity (Wildman–Crippen MR) is 101 cm³/mol. The number of aliphatic imine (C=N–C) groups is 1. The van der Waals surface area contributed by atoms with Crippen LogP contribution in [0, 0.1) is 0 Å². The summed E-state index contributed by atoms with van der Waals surface area (Å²) in [5, 5.41) is 3.24. The Morgan fingerprint density at radius 2 is 1.92 bits per heavy atom. The second-order valence-corrected chi connectivity index (χ2v) is 7.46. The Hall–Kier alpha value is -1.75. The van der Waals surface area contributed by atoms with Crippen LogP contribution < -0.4 is 15.8 Å². The minimum absolute atomic E-state index is 0.0847. The number of nitrogens with two attached hydrogens (primary N) is 1. The van der Waals surface area contributed by atoms with Crippen LogP contribution in [0.15, 0.2) is 29.3 Å². The van der Waals surface area contributed by atoms with Crippen LogP contribution in [0.5, 0.6) is 5.75 Å². The Balaban J connectivity index is 2.21. The van der Waals surface area contributed by atoms with E-state index < -0.39 is 0 Å². The molecule has 1 aromatic carbocycles. The molecule has 0 saturated carbocycles. The third-order valence-corrected chi connectivity index (χ3v) is 4.27. The number of ether oxygens (including phenoxy) is 1. The fourth-order valence-electron chi connectivity index (χ4n) is 3.19. The van der Waals surface area contributed by atoms with Gasteiger partial charge in [0.15, 0.2) is 5.96 Å². The van der Waals surface area contributed by atoms with E-state index >= 15 is 0 Å². The fraction of sp³-hybridized carbons (Fsp3) is 0.632. The third kappa shape index (κ3) is 5.41. The molecule has 1 unspecified atom stereocenters. The number of methoxy groups -OCH3 is 1. The molecule has 0 amide bonds. The molecule has 0 radical (unpaired) electrons. The molecule has 1 heterocycles. The van der Waals surface area contributed by atoms with Crippen molar-refractivity contribution in [1.29, 1.82) is 0 Å². The Labute approximate surface area is 146 Å². The largest absolute Gasteiger partial charge is 0.496 e. The molecule has 0 aliphatic carbocycles. The first-order valence-corrected chi connectivity index (χ1v) is 8.86. The van der Waals surface area contributed by atoms with Crippen LogP contribution in [0.25, 0.3) is 0 Å². The monoisotopic (exact) mass is 332 g/mol. The summed E-state index contributed by atoms with van der Waals surface area (Å²) < 4.78 is 5.58. The Morgan fingerprint density at radius 3 is 2.54 bits per heavy atom.